The molecule has 0 radical (unpaired) electrons. The predicted octanol–water partition coefficient (Wildman–Crippen LogP) is 4.80. The molecule has 0 aromatic heterocycles. The van der Waals surface area contributed by atoms with Crippen LogP contribution in [0.4, 0.5) is 0 Å². The molecular weight excluding hydrogens is 196 g/mol. The molecule has 0 heterocycles. The molecule has 0 unspecified atom stereocenters. The summed E-state index contributed by atoms with van der Waals surface area (Å²) in [7, 11) is 1.72. The molecule has 0 atom stereocenters. The van der Waals surface area contributed by atoms with Crippen LogP contribution in [0.3, 0.4) is 0 Å². The van der Waals surface area contributed by atoms with Crippen molar-refractivity contribution in [2.24, 2.45) is 0 Å². The first kappa shape index (κ1) is 15.0. The SMILES string of the molecule is CC.CCCc1ccc(OC)cc1C(C)C. The normalized spacial score (nSPS) is 9.69. The Kier molecular flexibility index (Phi) is 7.70. The summed E-state index contributed by atoms with van der Waals surface area (Å²) in [5.41, 5.74) is 2.88. The van der Waals surface area contributed by atoms with E-state index in [0.29, 0.717) is 5.92 Å². The lowest BCUT2D eigenvalue weighted by Gasteiger charge is -2.13. The molecule has 16 heavy (non-hydrogen) atoms. The number of benzene rings is 1. The molecular formula is C15H26O. The smallest absolute Gasteiger partial charge is 0.119 e. The standard InChI is InChI=1S/C13H20O.C2H6/c1-5-6-11-7-8-12(14-4)9-13(11)10(2)3;1-2/h7-10H,5-6H2,1-4H3;1-2H3. The van der Waals surface area contributed by atoms with E-state index in [4.69, 9.17) is 4.74 Å². The van der Waals surface area contributed by atoms with Crippen LogP contribution < -0.4 is 4.74 Å². The minimum Gasteiger partial charge on any atom is -0.497 e. The van der Waals surface area contributed by atoms with Gasteiger partial charge in [-0.1, -0.05) is 47.1 Å². The van der Waals surface area contributed by atoms with Crippen molar-refractivity contribution in [3.63, 3.8) is 0 Å². The number of methoxy groups -OCH3 is 1. The van der Waals surface area contributed by atoms with Gasteiger partial charge in [-0.05, 0) is 35.6 Å². The van der Waals surface area contributed by atoms with Gasteiger partial charge >= 0.3 is 0 Å². The molecule has 0 saturated heterocycles. The lowest BCUT2D eigenvalue weighted by molar-refractivity contribution is 0.413. The summed E-state index contributed by atoms with van der Waals surface area (Å²) in [4.78, 5) is 0. The molecule has 1 heteroatoms. The molecule has 0 saturated carbocycles. The summed E-state index contributed by atoms with van der Waals surface area (Å²) in [6.07, 6.45) is 2.36. The number of hydrogen-bond acceptors (Lipinski definition) is 1. The van der Waals surface area contributed by atoms with E-state index in [1.165, 1.54) is 17.5 Å². The van der Waals surface area contributed by atoms with Crippen molar-refractivity contribution in [1.82, 2.24) is 0 Å². The molecule has 0 aliphatic carbocycles. The van der Waals surface area contributed by atoms with Crippen molar-refractivity contribution in [3.8, 4) is 5.75 Å². The fourth-order valence-electron chi connectivity index (χ4n) is 1.73. The highest BCUT2D eigenvalue weighted by Gasteiger charge is 2.07. The van der Waals surface area contributed by atoms with Gasteiger partial charge in [0.1, 0.15) is 5.75 Å². The van der Waals surface area contributed by atoms with Gasteiger partial charge < -0.3 is 4.74 Å². The van der Waals surface area contributed by atoms with E-state index in [1.54, 1.807) is 7.11 Å². The van der Waals surface area contributed by atoms with Gasteiger partial charge in [0, 0.05) is 0 Å². The van der Waals surface area contributed by atoms with Crippen LogP contribution in [0.1, 0.15) is 58.1 Å². The largest absolute Gasteiger partial charge is 0.497 e. The lowest BCUT2D eigenvalue weighted by Crippen LogP contribution is -1.97. The average molecular weight is 222 g/mol. The van der Waals surface area contributed by atoms with Crippen LogP contribution >= 0.6 is 0 Å². The second-order valence-corrected chi connectivity index (χ2v) is 3.97. The van der Waals surface area contributed by atoms with Crippen molar-refractivity contribution >= 4 is 0 Å². The van der Waals surface area contributed by atoms with Crippen LogP contribution in [0.25, 0.3) is 0 Å². The van der Waals surface area contributed by atoms with Gasteiger partial charge in [0.2, 0.25) is 0 Å². The maximum atomic E-state index is 5.24. The van der Waals surface area contributed by atoms with Gasteiger partial charge in [0.05, 0.1) is 7.11 Å². The number of ether oxygens (including phenoxy) is 1. The molecule has 1 aromatic carbocycles. The Balaban J connectivity index is 0.00000106. The van der Waals surface area contributed by atoms with Crippen LogP contribution in [0.2, 0.25) is 0 Å². The van der Waals surface area contributed by atoms with Crippen LogP contribution in [0.15, 0.2) is 18.2 Å². The molecule has 0 amide bonds. The van der Waals surface area contributed by atoms with Gasteiger partial charge in [0.25, 0.3) is 0 Å². The third-order valence-corrected chi connectivity index (χ3v) is 2.49. The van der Waals surface area contributed by atoms with Gasteiger partial charge in [-0.15, -0.1) is 0 Å². The molecule has 0 aliphatic rings. The molecule has 0 N–H and O–H groups in total. The van der Waals surface area contributed by atoms with E-state index in [-0.39, 0.29) is 0 Å². The number of aryl methyl sites for hydroxylation is 1. The average Bonchev–Trinajstić information content (AvgIpc) is 2.32. The van der Waals surface area contributed by atoms with Crippen LogP contribution in [-0.2, 0) is 6.42 Å². The molecule has 0 aliphatic heterocycles. The highest BCUT2D eigenvalue weighted by molar-refractivity contribution is 5.37. The number of rotatable bonds is 4. The Morgan fingerprint density at radius 3 is 2.25 bits per heavy atom. The summed E-state index contributed by atoms with van der Waals surface area (Å²) in [6.45, 7) is 10.7. The molecule has 1 nitrogen and oxygen atoms in total. The highest BCUT2D eigenvalue weighted by Crippen LogP contribution is 2.25. The zero-order valence-electron chi connectivity index (χ0n) is 11.6. The van der Waals surface area contributed by atoms with E-state index in [9.17, 15) is 0 Å². The fraction of sp³-hybridized carbons (Fsp3) is 0.600. The first-order valence-electron chi connectivity index (χ1n) is 6.35. The molecule has 0 fully saturated rings. The Hall–Kier alpha value is -0.980. The summed E-state index contributed by atoms with van der Waals surface area (Å²) >= 11 is 0. The molecule has 0 bridgehead atoms. The van der Waals surface area contributed by atoms with Gasteiger partial charge in [0.15, 0.2) is 0 Å². The van der Waals surface area contributed by atoms with Crippen molar-refractivity contribution in [1.29, 1.82) is 0 Å². The minimum absolute atomic E-state index is 0.576. The van der Waals surface area contributed by atoms with Crippen molar-refractivity contribution in [3.05, 3.63) is 29.3 Å². The maximum Gasteiger partial charge on any atom is 0.119 e. The Morgan fingerprint density at radius 2 is 1.81 bits per heavy atom. The molecule has 92 valence electrons. The summed E-state index contributed by atoms with van der Waals surface area (Å²) < 4.78 is 5.24. The monoisotopic (exact) mass is 222 g/mol. The van der Waals surface area contributed by atoms with Gasteiger partial charge in [-0.2, -0.15) is 0 Å². The Morgan fingerprint density at radius 1 is 1.19 bits per heavy atom. The van der Waals surface area contributed by atoms with Crippen LogP contribution in [-0.4, -0.2) is 7.11 Å². The van der Waals surface area contributed by atoms with E-state index in [2.05, 4.69) is 39.0 Å². The predicted molar refractivity (Wildman–Crippen MR) is 72.4 cm³/mol. The van der Waals surface area contributed by atoms with Crippen LogP contribution in [0, 0.1) is 0 Å². The Labute approximate surface area is 101 Å². The Bertz CT molecular complexity index is 289. The van der Waals surface area contributed by atoms with E-state index < -0.39 is 0 Å². The number of hydrogen-bond donors (Lipinski definition) is 0. The molecule has 1 rings (SSSR count). The molecule has 0 spiro atoms. The quantitative estimate of drug-likeness (QED) is 0.711. The highest BCUT2D eigenvalue weighted by atomic mass is 16.5. The van der Waals surface area contributed by atoms with Crippen molar-refractivity contribution < 1.29 is 4.74 Å². The van der Waals surface area contributed by atoms with Crippen molar-refractivity contribution in [2.45, 2.75) is 53.4 Å². The lowest BCUT2D eigenvalue weighted by atomic mass is 9.94. The van der Waals surface area contributed by atoms with E-state index in [0.717, 1.165) is 12.2 Å². The topological polar surface area (TPSA) is 9.23 Å². The minimum atomic E-state index is 0.576. The zero-order valence-corrected chi connectivity index (χ0v) is 11.6. The van der Waals surface area contributed by atoms with Gasteiger partial charge in [-0.3, -0.25) is 0 Å². The van der Waals surface area contributed by atoms with E-state index >= 15 is 0 Å². The van der Waals surface area contributed by atoms with E-state index in [1.807, 2.05) is 13.8 Å². The third kappa shape index (κ3) is 4.26. The zero-order chi connectivity index (χ0) is 12.6. The fourth-order valence-corrected chi connectivity index (χ4v) is 1.73. The van der Waals surface area contributed by atoms with Gasteiger partial charge in [-0.25, -0.2) is 0 Å². The molecule has 1 aromatic rings. The summed E-state index contributed by atoms with van der Waals surface area (Å²) in [5, 5.41) is 0. The first-order valence-corrected chi connectivity index (χ1v) is 6.35. The summed E-state index contributed by atoms with van der Waals surface area (Å²) in [5.74, 6) is 1.54. The second kappa shape index (κ2) is 8.20. The second-order valence-electron chi connectivity index (χ2n) is 3.97. The van der Waals surface area contributed by atoms with Crippen LogP contribution in [0.5, 0.6) is 5.75 Å². The first-order chi connectivity index (χ1) is 7.69. The maximum absolute atomic E-state index is 5.24. The summed E-state index contributed by atoms with van der Waals surface area (Å²) in [6, 6.07) is 6.41. The third-order valence-electron chi connectivity index (χ3n) is 2.49. The van der Waals surface area contributed by atoms with Crippen molar-refractivity contribution in [2.75, 3.05) is 7.11 Å².